The average Bonchev–Trinajstić information content (AvgIpc) is 3.48. The number of nitrogens with one attached hydrogen (secondary N) is 1. The van der Waals surface area contributed by atoms with Gasteiger partial charge in [0.25, 0.3) is 0 Å². The van der Waals surface area contributed by atoms with Gasteiger partial charge in [-0.3, -0.25) is 14.4 Å². The first kappa shape index (κ1) is 29.4. The van der Waals surface area contributed by atoms with Gasteiger partial charge in [0.2, 0.25) is 11.5 Å². The van der Waals surface area contributed by atoms with Gasteiger partial charge in [0, 0.05) is 13.3 Å². The first-order valence-electron chi connectivity index (χ1n) is 13.8. The molecular formula is C28H37N5O7. The zero-order valence-electron chi connectivity index (χ0n) is 23.3. The quantitative estimate of drug-likeness (QED) is 0.439. The van der Waals surface area contributed by atoms with Crippen molar-refractivity contribution in [1.82, 2.24) is 14.6 Å². The van der Waals surface area contributed by atoms with E-state index in [1.165, 1.54) is 30.3 Å². The van der Waals surface area contributed by atoms with E-state index in [1.54, 1.807) is 13.0 Å². The number of amides is 1. The van der Waals surface area contributed by atoms with Gasteiger partial charge in [-0.1, -0.05) is 40.0 Å². The third-order valence-electron chi connectivity index (χ3n) is 7.94. The van der Waals surface area contributed by atoms with Crippen molar-refractivity contribution in [3.63, 3.8) is 0 Å². The van der Waals surface area contributed by atoms with Crippen LogP contribution in [0.1, 0.15) is 71.9 Å². The third kappa shape index (κ3) is 5.95. The molecule has 2 N–H and O–H groups in total. The van der Waals surface area contributed by atoms with Crippen LogP contribution < -0.4 is 5.32 Å². The van der Waals surface area contributed by atoms with Gasteiger partial charge < -0.3 is 24.6 Å². The van der Waals surface area contributed by atoms with Crippen LogP contribution in [0.25, 0.3) is 5.52 Å². The summed E-state index contributed by atoms with van der Waals surface area (Å²) in [6, 6.07) is 5.15. The van der Waals surface area contributed by atoms with E-state index in [0.29, 0.717) is 5.52 Å². The molecule has 0 spiro atoms. The largest absolute Gasteiger partial charge is 0.463 e. The highest BCUT2D eigenvalue weighted by Gasteiger charge is 2.60. The number of carbonyl (C=O) groups is 3. The van der Waals surface area contributed by atoms with Crippen molar-refractivity contribution in [2.75, 3.05) is 11.9 Å². The highest BCUT2D eigenvalue weighted by Crippen LogP contribution is 2.42. The lowest BCUT2D eigenvalue weighted by Crippen LogP contribution is -2.44. The summed E-state index contributed by atoms with van der Waals surface area (Å²) in [5.41, 5.74) is -1.52. The standard InChI is InChI=1S/C28H37N5O7/c1-16(2)17(3)27(37)39-24-21(13-38-23(35)12-19-8-6-5-7-9-19)40-28(14-29,25(24)36)22-11-10-20-26(32-18(4)34)30-15-31-33(20)22/h10-11,15-17,19,21,24-25,36H,5-9,12-13H2,1-4H3,(H,30,31,32,34)/t17-,21+,24+,25+,28-/m0/s1. The van der Waals surface area contributed by atoms with Crippen LogP contribution >= 0.6 is 0 Å². The zero-order valence-corrected chi connectivity index (χ0v) is 23.3. The molecule has 216 valence electrons. The predicted molar refractivity (Wildman–Crippen MR) is 141 cm³/mol. The average molecular weight is 556 g/mol. The van der Waals surface area contributed by atoms with Crippen LogP contribution in [0.4, 0.5) is 5.82 Å². The Balaban J connectivity index is 1.63. The van der Waals surface area contributed by atoms with Gasteiger partial charge in [-0.2, -0.15) is 10.4 Å². The van der Waals surface area contributed by atoms with E-state index in [9.17, 15) is 24.8 Å². The fourth-order valence-electron chi connectivity index (χ4n) is 5.29. The molecule has 2 fully saturated rings. The Morgan fingerprint density at radius 2 is 1.98 bits per heavy atom. The lowest BCUT2D eigenvalue weighted by atomic mass is 9.87. The fourth-order valence-corrected chi connectivity index (χ4v) is 5.29. The number of aliphatic hydroxyl groups is 1. The number of esters is 2. The number of fused-ring (bicyclic) bond motifs is 1. The van der Waals surface area contributed by atoms with E-state index in [4.69, 9.17) is 14.2 Å². The molecule has 1 aliphatic carbocycles. The van der Waals surface area contributed by atoms with Gasteiger partial charge in [0.1, 0.15) is 36.7 Å². The summed E-state index contributed by atoms with van der Waals surface area (Å²) in [7, 11) is 0. The van der Waals surface area contributed by atoms with E-state index >= 15 is 0 Å². The molecule has 1 amide bonds. The number of hydrogen-bond donors (Lipinski definition) is 2. The second-order valence-electron chi connectivity index (χ2n) is 11.1. The lowest BCUT2D eigenvalue weighted by Gasteiger charge is -2.25. The van der Waals surface area contributed by atoms with Crippen molar-refractivity contribution in [2.24, 2.45) is 17.8 Å². The topological polar surface area (TPSA) is 165 Å². The number of aliphatic hydroxyl groups excluding tert-OH is 1. The Bertz CT molecular complexity index is 1280. The van der Waals surface area contributed by atoms with Crippen LogP contribution in [0.2, 0.25) is 0 Å². The maximum absolute atomic E-state index is 12.9. The van der Waals surface area contributed by atoms with Crippen molar-refractivity contribution >= 4 is 29.2 Å². The molecule has 0 bridgehead atoms. The number of carbonyl (C=O) groups excluding carboxylic acids is 3. The van der Waals surface area contributed by atoms with Crippen molar-refractivity contribution in [1.29, 1.82) is 5.26 Å². The molecule has 2 aromatic heterocycles. The Hall–Kier alpha value is -3.56. The van der Waals surface area contributed by atoms with E-state index in [-0.39, 0.29) is 42.3 Å². The first-order chi connectivity index (χ1) is 19.1. The van der Waals surface area contributed by atoms with E-state index in [2.05, 4.69) is 15.4 Å². The maximum Gasteiger partial charge on any atom is 0.309 e. The van der Waals surface area contributed by atoms with Gasteiger partial charge in [-0.25, -0.2) is 9.50 Å². The molecule has 0 aromatic carbocycles. The SMILES string of the molecule is CC(=O)Nc1ncnn2c([C@]3(C#N)O[C@H](COC(=O)CC4CCCCC4)[C@@H](OC(=O)[C@@H](C)C(C)C)[C@H]3O)ccc12. The summed E-state index contributed by atoms with van der Waals surface area (Å²) in [4.78, 5) is 41.3. The molecule has 12 heteroatoms. The van der Waals surface area contributed by atoms with E-state index in [0.717, 1.165) is 25.7 Å². The smallest absolute Gasteiger partial charge is 0.309 e. The van der Waals surface area contributed by atoms with Crippen LogP contribution in [0, 0.1) is 29.1 Å². The number of rotatable bonds is 9. The number of nitriles is 1. The van der Waals surface area contributed by atoms with Gasteiger partial charge in [0.05, 0.1) is 11.6 Å². The van der Waals surface area contributed by atoms with Gasteiger partial charge >= 0.3 is 11.9 Å². The molecule has 0 unspecified atom stereocenters. The summed E-state index contributed by atoms with van der Waals surface area (Å²) in [5, 5.41) is 28.7. The first-order valence-corrected chi connectivity index (χ1v) is 13.8. The molecule has 12 nitrogen and oxygen atoms in total. The van der Waals surface area contributed by atoms with Crippen molar-refractivity contribution in [3.8, 4) is 6.07 Å². The third-order valence-corrected chi connectivity index (χ3v) is 7.94. The van der Waals surface area contributed by atoms with Crippen LogP contribution in [0.5, 0.6) is 0 Å². The molecule has 1 saturated carbocycles. The maximum atomic E-state index is 12.9. The second kappa shape index (κ2) is 12.3. The van der Waals surface area contributed by atoms with Crippen molar-refractivity contribution in [2.45, 2.75) is 90.1 Å². The molecule has 5 atom stereocenters. The molecule has 4 rings (SSSR count). The summed E-state index contributed by atoms with van der Waals surface area (Å²) < 4.78 is 18.8. The number of aromatic nitrogens is 3. The second-order valence-corrected chi connectivity index (χ2v) is 11.1. The zero-order chi connectivity index (χ0) is 29.0. The Labute approximate surface area is 233 Å². The van der Waals surface area contributed by atoms with Crippen LogP contribution in [-0.4, -0.2) is 62.5 Å². The predicted octanol–water partition coefficient (Wildman–Crippen LogP) is 2.88. The molecule has 40 heavy (non-hydrogen) atoms. The molecular weight excluding hydrogens is 518 g/mol. The van der Waals surface area contributed by atoms with Crippen molar-refractivity contribution < 1.29 is 33.7 Å². The summed E-state index contributed by atoms with van der Waals surface area (Å²) >= 11 is 0. The number of nitrogens with zero attached hydrogens (tertiary/aromatic N) is 4. The summed E-state index contributed by atoms with van der Waals surface area (Å²) in [6.45, 7) is 6.48. The van der Waals surface area contributed by atoms with Crippen LogP contribution in [0.15, 0.2) is 18.5 Å². The van der Waals surface area contributed by atoms with E-state index < -0.39 is 41.8 Å². The summed E-state index contributed by atoms with van der Waals surface area (Å²) in [5.74, 6) is -1.36. The molecule has 0 radical (unpaired) electrons. The van der Waals surface area contributed by atoms with Gasteiger partial charge in [0.15, 0.2) is 11.9 Å². The number of hydrogen-bond acceptors (Lipinski definition) is 10. The molecule has 2 aromatic rings. The normalized spacial score (nSPS) is 25.9. The van der Waals surface area contributed by atoms with Gasteiger partial charge in [-0.05, 0) is 36.8 Å². The van der Waals surface area contributed by atoms with E-state index in [1.807, 2.05) is 19.9 Å². The monoisotopic (exact) mass is 555 g/mol. The molecule has 1 saturated heterocycles. The Morgan fingerprint density at radius 3 is 2.62 bits per heavy atom. The highest BCUT2D eigenvalue weighted by molar-refractivity contribution is 5.91. The van der Waals surface area contributed by atoms with Crippen molar-refractivity contribution in [3.05, 3.63) is 24.2 Å². The fraction of sp³-hybridized carbons (Fsp3) is 0.643. The molecule has 3 heterocycles. The minimum Gasteiger partial charge on any atom is -0.463 e. The molecule has 2 aliphatic rings. The van der Waals surface area contributed by atoms with Crippen LogP contribution in [0.3, 0.4) is 0 Å². The Morgan fingerprint density at radius 1 is 1.25 bits per heavy atom. The summed E-state index contributed by atoms with van der Waals surface area (Å²) in [6.07, 6.45) is 2.72. The highest BCUT2D eigenvalue weighted by atomic mass is 16.6. The number of anilines is 1. The minimum atomic E-state index is -2.03. The molecule has 1 aliphatic heterocycles. The van der Waals surface area contributed by atoms with Crippen LogP contribution in [-0.2, 0) is 34.2 Å². The Kier molecular flexibility index (Phi) is 9.05. The number of ether oxygens (including phenoxy) is 3. The van der Waals surface area contributed by atoms with Gasteiger partial charge in [-0.15, -0.1) is 0 Å². The minimum absolute atomic E-state index is 0.0297. The lowest BCUT2D eigenvalue weighted by molar-refractivity contribution is -0.165.